The molecule has 0 radical (unpaired) electrons. The summed E-state index contributed by atoms with van der Waals surface area (Å²) in [5, 5.41) is 8.53. The van der Waals surface area contributed by atoms with Crippen LogP contribution in [0.25, 0.3) is 0 Å². The van der Waals surface area contributed by atoms with Gasteiger partial charge in [-0.25, -0.2) is 8.54 Å². The molecule has 0 aromatic heterocycles. The lowest BCUT2D eigenvalue weighted by atomic mass is 9.98. The highest BCUT2D eigenvalue weighted by Crippen LogP contribution is 2.49. The van der Waals surface area contributed by atoms with E-state index in [9.17, 15) is 9.46 Å². The summed E-state index contributed by atoms with van der Waals surface area (Å²) in [7, 11) is -4.08. The van der Waals surface area contributed by atoms with E-state index in [0.29, 0.717) is 12.0 Å². The topological polar surface area (TPSA) is 79.6 Å². The van der Waals surface area contributed by atoms with E-state index in [1.165, 1.54) is 0 Å². The summed E-state index contributed by atoms with van der Waals surface area (Å²) in [6, 6.07) is 11.5. The third-order valence-corrected chi connectivity index (χ3v) is 4.84. The van der Waals surface area contributed by atoms with Crippen molar-refractivity contribution in [2.75, 3.05) is 6.61 Å². The number of rotatable bonds is 7. The van der Waals surface area contributed by atoms with Crippen molar-refractivity contribution in [3.8, 4) is 6.07 Å². The molecule has 0 aliphatic heterocycles. The molecule has 5 nitrogen and oxygen atoms in total. The Morgan fingerprint density at radius 2 is 2.11 bits per heavy atom. The van der Waals surface area contributed by atoms with Gasteiger partial charge in [0.25, 0.3) is 0 Å². The third-order valence-electron chi connectivity index (χ3n) is 2.44. The first-order chi connectivity index (χ1) is 9.00. The highest BCUT2D eigenvalue weighted by Gasteiger charge is 2.27. The van der Waals surface area contributed by atoms with Crippen molar-refractivity contribution in [1.82, 2.24) is 0 Å². The molecule has 0 aliphatic rings. The van der Waals surface area contributed by atoms with E-state index < -0.39 is 13.1 Å². The first-order valence-electron chi connectivity index (χ1n) is 5.77. The highest BCUT2D eigenvalue weighted by atomic mass is 32.2. The highest BCUT2D eigenvalue weighted by molar-refractivity contribution is 7.98. The van der Waals surface area contributed by atoms with Gasteiger partial charge in [-0.2, -0.15) is 5.26 Å². The molecule has 0 heterocycles. The van der Waals surface area contributed by atoms with Crippen LogP contribution in [0.15, 0.2) is 30.3 Å². The summed E-state index contributed by atoms with van der Waals surface area (Å²) < 4.78 is 20.7. The number of hydrogen-bond acceptors (Lipinski definition) is 5. The number of hydrogen-bond donors (Lipinski definition) is 1. The zero-order chi connectivity index (χ0) is 14.3. The maximum absolute atomic E-state index is 11.4. The minimum absolute atomic E-state index is 0.0692. The molecule has 0 amide bonds. The van der Waals surface area contributed by atoms with Crippen LogP contribution in [0.1, 0.15) is 25.3 Å². The molecule has 7 heteroatoms. The number of benzene rings is 1. The minimum Gasteiger partial charge on any atom is -0.302 e. The van der Waals surface area contributed by atoms with Crippen molar-refractivity contribution in [3.05, 3.63) is 35.9 Å². The van der Waals surface area contributed by atoms with Gasteiger partial charge in [-0.3, -0.25) is 4.52 Å². The second-order valence-corrected chi connectivity index (χ2v) is 6.30. The molecule has 104 valence electrons. The van der Waals surface area contributed by atoms with Crippen LogP contribution in [0.5, 0.6) is 0 Å². The van der Waals surface area contributed by atoms with Gasteiger partial charge in [-0.05, 0) is 12.5 Å². The monoisotopic (exact) mass is 301 g/mol. The standard InChI is InChI=1S/C12H16NO4PS/c1-3-16-18(14,15)17-19-12(9-13)10(2)11-7-5-4-6-8-11/h4-8,10,12H,3H2,1-2H3,(H,14,15). The second kappa shape index (κ2) is 7.68. The lowest BCUT2D eigenvalue weighted by molar-refractivity contribution is 0.222. The summed E-state index contributed by atoms with van der Waals surface area (Å²) >= 11 is 0.672. The van der Waals surface area contributed by atoms with E-state index in [0.717, 1.165) is 5.56 Å². The van der Waals surface area contributed by atoms with Crippen molar-refractivity contribution in [1.29, 1.82) is 5.26 Å². The Labute approximate surface area is 117 Å². The normalized spacial score (nSPS) is 17.2. The van der Waals surface area contributed by atoms with Crippen molar-refractivity contribution in [2.24, 2.45) is 0 Å². The van der Waals surface area contributed by atoms with E-state index in [1.54, 1.807) is 6.92 Å². The average molecular weight is 301 g/mol. The molecule has 0 bridgehead atoms. The largest absolute Gasteiger partial charge is 0.483 e. The van der Waals surface area contributed by atoms with E-state index >= 15 is 0 Å². The van der Waals surface area contributed by atoms with Gasteiger partial charge in [0.2, 0.25) is 0 Å². The van der Waals surface area contributed by atoms with Gasteiger partial charge >= 0.3 is 7.82 Å². The molecule has 0 saturated carbocycles. The van der Waals surface area contributed by atoms with Gasteiger partial charge in [-0.15, -0.1) is 0 Å². The predicted octanol–water partition coefficient (Wildman–Crippen LogP) is 3.48. The van der Waals surface area contributed by atoms with Gasteiger partial charge in [0.15, 0.2) is 0 Å². The Morgan fingerprint density at radius 1 is 1.47 bits per heavy atom. The molecule has 0 saturated heterocycles. The SMILES string of the molecule is CCOP(=O)(O)OSC(C#N)C(C)c1ccccc1. The van der Waals surface area contributed by atoms with E-state index in [1.807, 2.05) is 37.3 Å². The van der Waals surface area contributed by atoms with Crippen LogP contribution in [-0.4, -0.2) is 16.8 Å². The molecular formula is C12H16NO4PS. The lowest BCUT2D eigenvalue weighted by Gasteiger charge is -2.18. The molecular weight excluding hydrogens is 285 g/mol. The average Bonchev–Trinajstić information content (AvgIpc) is 2.40. The lowest BCUT2D eigenvalue weighted by Crippen LogP contribution is -2.10. The fraction of sp³-hybridized carbons (Fsp3) is 0.417. The number of nitrogens with zero attached hydrogens (tertiary/aromatic N) is 1. The fourth-order valence-corrected chi connectivity index (χ4v) is 3.10. The Morgan fingerprint density at radius 3 is 2.63 bits per heavy atom. The van der Waals surface area contributed by atoms with Crippen LogP contribution in [-0.2, 0) is 13.1 Å². The fourth-order valence-electron chi connectivity index (χ4n) is 1.43. The molecule has 3 unspecified atom stereocenters. The molecule has 19 heavy (non-hydrogen) atoms. The van der Waals surface area contributed by atoms with Gasteiger partial charge in [0.1, 0.15) is 5.25 Å². The Balaban J connectivity index is 2.65. The maximum atomic E-state index is 11.4. The van der Waals surface area contributed by atoms with Gasteiger partial charge in [-0.1, -0.05) is 37.3 Å². The molecule has 1 N–H and O–H groups in total. The first kappa shape index (κ1) is 16.2. The zero-order valence-electron chi connectivity index (χ0n) is 10.7. The Bertz CT molecular complexity index is 476. The van der Waals surface area contributed by atoms with Gasteiger partial charge in [0.05, 0.1) is 12.7 Å². The number of nitriles is 1. The van der Waals surface area contributed by atoms with Crippen LogP contribution in [0, 0.1) is 11.3 Å². The first-order valence-corrected chi connectivity index (χ1v) is 8.07. The van der Waals surface area contributed by atoms with Crippen LogP contribution < -0.4 is 0 Å². The molecule has 0 fully saturated rings. The summed E-state index contributed by atoms with van der Waals surface area (Å²) in [6.45, 7) is 3.52. The van der Waals surface area contributed by atoms with Crippen molar-refractivity contribution >= 4 is 19.9 Å². The Kier molecular flexibility index (Phi) is 6.56. The molecule has 3 atom stereocenters. The predicted molar refractivity (Wildman–Crippen MR) is 74.4 cm³/mol. The van der Waals surface area contributed by atoms with Crippen LogP contribution >= 0.6 is 19.9 Å². The second-order valence-electron chi connectivity index (χ2n) is 3.81. The van der Waals surface area contributed by atoms with Crippen LogP contribution in [0.3, 0.4) is 0 Å². The van der Waals surface area contributed by atoms with Crippen molar-refractivity contribution < 1.29 is 18.0 Å². The van der Waals surface area contributed by atoms with Crippen LogP contribution in [0.4, 0.5) is 0 Å². The summed E-state index contributed by atoms with van der Waals surface area (Å²) in [5.74, 6) is -0.127. The molecule has 0 aliphatic carbocycles. The zero-order valence-corrected chi connectivity index (χ0v) is 12.4. The number of phosphoric ester groups is 1. The summed E-state index contributed by atoms with van der Waals surface area (Å²) in [4.78, 5) is 9.29. The molecule has 1 rings (SSSR count). The maximum Gasteiger partial charge on any atom is 0.483 e. The minimum atomic E-state index is -4.08. The molecule has 1 aromatic rings. The van der Waals surface area contributed by atoms with E-state index in [-0.39, 0.29) is 12.5 Å². The van der Waals surface area contributed by atoms with E-state index in [2.05, 4.69) is 10.6 Å². The molecule has 1 aromatic carbocycles. The van der Waals surface area contributed by atoms with E-state index in [4.69, 9.17) is 9.23 Å². The number of phosphoric acid groups is 1. The van der Waals surface area contributed by atoms with Crippen molar-refractivity contribution in [3.63, 3.8) is 0 Å². The van der Waals surface area contributed by atoms with Crippen LogP contribution in [0.2, 0.25) is 0 Å². The van der Waals surface area contributed by atoms with Crippen molar-refractivity contribution in [2.45, 2.75) is 25.0 Å². The quantitative estimate of drug-likeness (QED) is 0.613. The summed E-state index contributed by atoms with van der Waals surface area (Å²) in [5.41, 5.74) is 0.967. The Hall–Kier alpha value is -0.830. The summed E-state index contributed by atoms with van der Waals surface area (Å²) in [6.07, 6.45) is 0. The van der Waals surface area contributed by atoms with Gasteiger partial charge < -0.3 is 4.89 Å². The van der Waals surface area contributed by atoms with Gasteiger partial charge in [0, 0.05) is 18.0 Å². The molecule has 0 spiro atoms. The smallest absolute Gasteiger partial charge is 0.302 e. The third kappa shape index (κ3) is 5.35.